The number of nitrogens with zero attached hydrogens (tertiary/aromatic N) is 1. The molecule has 3 nitrogen and oxygen atoms in total. The van der Waals surface area contributed by atoms with Crippen LogP contribution in [-0.4, -0.2) is 4.57 Å². The Morgan fingerprint density at radius 3 is 1.63 bits per heavy atom. The number of rotatable bonds is 3. The first-order valence-electron chi connectivity index (χ1n) is 16.7. The van der Waals surface area contributed by atoms with Gasteiger partial charge in [-0.15, -0.1) is 0 Å². The quantitative estimate of drug-likeness (QED) is 0.183. The van der Waals surface area contributed by atoms with Crippen LogP contribution in [0, 0.1) is 0 Å². The van der Waals surface area contributed by atoms with Gasteiger partial charge < -0.3 is 13.4 Å². The molecule has 0 bridgehead atoms. The Labute approximate surface area is 280 Å². The summed E-state index contributed by atoms with van der Waals surface area (Å²) >= 11 is 0. The highest BCUT2D eigenvalue weighted by Gasteiger charge is 2.20. The summed E-state index contributed by atoms with van der Waals surface area (Å²) in [5.41, 5.74) is 11.0. The number of hydrogen-bond acceptors (Lipinski definition) is 2. The fourth-order valence-electron chi connectivity index (χ4n) is 8.21. The standard InChI is InChI=1S/C46H27NO2/c1-2-10-30(11-3-1)47-39-17-9-8-12-31(39)37-26-28(18-20-40(37)47)44-32-13-4-6-15-34(32)45(35-16-7-5-14-33(35)44)29-19-21-42-38(27-29)46-36-24-25-48-41(36)22-23-43(46)49-42/h1-27H. The molecule has 3 heterocycles. The predicted octanol–water partition coefficient (Wildman–Crippen LogP) is 13.1. The molecule has 0 aliphatic rings. The molecule has 0 saturated carbocycles. The van der Waals surface area contributed by atoms with Crippen LogP contribution in [0.25, 0.3) is 104 Å². The second-order valence-corrected chi connectivity index (χ2v) is 12.8. The molecule has 0 aliphatic carbocycles. The molecule has 0 radical (unpaired) electrons. The van der Waals surface area contributed by atoms with Gasteiger partial charge in [0.2, 0.25) is 0 Å². The summed E-state index contributed by atoms with van der Waals surface area (Å²) in [4.78, 5) is 0. The number of aromatic nitrogens is 1. The van der Waals surface area contributed by atoms with Crippen molar-refractivity contribution in [1.29, 1.82) is 0 Å². The smallest absolute Gasteiger partial charge is 0.136 e. The zero-order chi connectivity index (χ0) is 32.1. The van der Waals surface area contributed by atoms with Crippen LogP contribution in [0.5, 0.6) is 0 Å². The lowest BCUT2D eigenvalue weighted by Gasteiger charge is -2.18. The number of para-hydroxylation sites is 2. The SMILES string of the molecule is c1ccc(-n2c3ccccc3c3cc(-c4c5ccccc5c(-c5ccc6oc7ccc8occc8c7c6c5)c5ccccc45)ccc32)cc1. The normalized spacial score (nSPS) is 12.1. The van der Waals surface area contributed by atoms with E-state index >= 15 is 0 Å². The summed E-state index contributed by atoms with van der Waals surface area (Å²) in [6.07, 6.45) is 1.75. The monoisotopic (exact) mass is 625 g/mol. The van der Waals surface area contributed by atoms with Gasteiger partial charge in [-0.3, -0.25) is 0 Å². The Hall–Kier alpha value is -6.58. The average Bonchev–Trinajstić information content (AvgIpc) is 3.87. The highest BCUT2D eigenvalue weighted by molar-refractivity contribution is 6.24. The van der Waals surface area contributed by atoms with Crippen LogP contribution in [0.4, 0.5) is 0 Å². The molecular formula is C46H27NO2. The topological polar surface area (TPSA) is 31.2 Å². The number of fused-ring (bicyclic) bond motifs is 10. The van der Waals surface area contributed by atoms with Crippen molar-refractivity contribution in [3.63, 3.8) is 0 Å². The number of hydrogen-bond donors (Lipinski definition) is 0. The van der Waals surface area contributed by atoms with Gasteiger partial charge in [-0.1, -0.05) is 97.1 Å². The summed E-state index contributed by atoms with van der Waals surface area (Å²) < 4.78 is 14.5. The van der Waals surface area contributed by atoms with Crippen LogP contribution in [0.1, 0.15) is 0 Å². The van der Waals surface area contributed by atoms with E-state index in [9.17, 15) is 0 Å². The minimum absolute atomic E-state index is 0.865. The fraction of sp³-hybridized carbons (Fsp3) is 0. The Balaban J connectivity index is 1.20. The lowest BCUT2D eigenvalue weighted by atomic mass is 9.85. The van der Waals surface area contributed by atoms with Crippen molar-refractivity contribution < 1.29 is 8.83 Å². The molecule has 3 aromatic heterocycles. The minimum Gasteiger partial charge on any atom is -0.464 e. The highest BCUT2D eigenvalue weighted by Crippen LogP contribution is 2.46. The third kappa shape index (κ3) is 3.73. The first kappa shape index (κ1) is 26.5. The van der Waals surface area contributed by atoms with Crippen LogP contribution in [-0.2, 0) is 0 Å². The summed E-state index contributed by atoms with van der Waals surface area (Å²) in [5.74, 6) is 0. The van der Waals surface area contributed by atoms with Crippen molar-refractivity contribution in [2.24, 2.45) is 0 Å². The predicted molar refractivity (Wildman–Crippen MR) is 204 cm³/mol. The van der Waals surface area contributed by atoms with E-state index in [1.54, 1.807) is 6.26 Å². The van der Waals surface area contributed by atoms with Crippen molar-refractivity contribution in [3.8, 4) is 27.9 Å². The molecule has 0 N–H and O–H groups in total. The molecule has 49 heavy (non-hydrogen) atoms. The zero-order valence-electron chi connectivity index (χ0n) is 26.4. The molecule has 0 amide bonds. The van der Waals surface area contributed by atoms with Gasteiger partial charge in [-0.2, -0.15) is 0 Å². The number of benzene rings is 8. The molecule has 11 aromatic rings. The van der Waals surface area contributed by atoms with E-state index in [4.69, 9.17) is 8.83 Å². The Bertz CT molecular complexity index is 3050. The minimum atomic E-state index is 0.865. The van der Waals surface area contributed by atoms with Gasteiger partial charge in [-0.05, 0) is 104 Å². The largest absolute Gasteiger partial charge is 0.464 e. The van der Waals surface area contributed by atoms with Crippen LogP contribution >= 0.6 is 0 Å². The zero-order valence-corrected chi connectivity index (χ0v) is 26.4. The Morgan fingerprint density at radius 1 is 0.367 bits per heavy atom. The van der Waals surface area contributed by atoms with Crippen molar-refractivity contribution in [1.82, 2.24) is 4.57 Å². The summed E-state index contributed by atoms with van der Waals surface area (Å²) in [7, 11) is 0. The Kier molecular flexibility index (Phi) is 5.38. The van der Waals surface area contributed by atoms with E-state index in [0.29, 0.717) is 0 Å². The molecule has 8 aromatic carbocycles. The number of furan rings is 2. The maximum absolute atomic E-state index is 6.32. The molecular weight excluding hydrogens is 599 g/mol. The van der Waals surface area contributed by atoms with Crippen LogP contribution in [0.15, 0.2) is 173 Å². The van der Waals surface area contributed by atoms with Gasteiger partial charge >= 0.3 is 0 Å². The van der Waals surface area contributed by atoms with E-state index in [-0.39, 0.29) is 0 Å². The van der Waals surface area contributed by atoms with Gasteiger partial charge in [0.05, 0.1) is 17.3 Å². The lowest BCUT2D eigenvalue weighted by Crippen LogP contribution is -1.93. The summed E-state index contributed by atoms with van der Waals surface area (Å²) in [5, 5.41) is 10.7. The Morgan fingerprint density at radius 2 is 0.918 bits per heavy atom. The fourth-order valence-corrected chi connectivity index (χ4v) is 8.21. The average molecular weight is 626 g/mol. The lowest BCUT2D eigenvalue weighted by molar-refractivity contribution is 0.615. The molecule has 228 valence electrons. The molecule has 0 unspecified atom stereocenters. The maximum Gasteiger partial charge on any atom is 0.136 e. The van der Waals surface area contributed by atoms with Crippen molar-refractivity contribution >= 4 is 76.3 Å². The maximum atomic E-state index is 6.32. The van der Waals surface area contributed by atoms with Crippen molar-refractivity contribution in [3.05, 3.63) is 164 Å². The van der Waals surface area contributed by atoms with Gasteiger partial charge in [0, 0.05) is 32.6 Å². The van der Waals surface area contributed by atoms with E-state index in [0.717, 1.165) is 44.2 Å². The third-order valence-corrected chi connectivity index (χ3v) is 10.3. The molecule has 0 fully saturated rings. The molecule has 3 heteroatoms. The van der Waals surface area contributed by atoms with Gasteiger partial charge in [0.25, 0.3) is 0 Å². The van der Waals surface area contributed by atoms with Gasteiger partial charge in [0.15, 0.2) is 0 Å². The van der Waals surface area contributed by atoms with E-state index < -0.39 is 0 Å². The van der Waals surface area contributed by atoms with E-state index in [2.05, 4.69) is 144 Å². The molecule has 0 aliphatic heterocycles. The van der Waals surface area contributed by atoms with Gasteiger partial charge in [-0.25, -0.2) is 0 Å². The second-order valence-electron chi connectivity index (χ2n) is 12.8. The molecule has 0 atom stereocenters. The first-order chi connectivity index (χ1) is 24.3. The molecule has 0 saturated heterocycles. The third-order valence-electron chi connectivity index (χ3n) is 10.3. The van der Waals surface area contributed by atoms with Crippen molar-refractivity contribution in [2.75, 3.05) is 0 Å². The van der Waals surface area contributed by atoms with Crippen LogP contribution in [0.3, 0.4) is 0 Å². The van der Waals surface area contributed by atoms with Crippen LogP contribution < -0.4 is 0 Å². The molecule has 11 rings (SSSR count). The summed E-state index contributed by atoms with van der Waals surface area (Å²) in [6, 6.07) is 56.7. The highest BCUT2D eigenvalue weighted by atomic mass is 16.3. The van der Waals surface area contributed by atoms with Crippen molar-refractivity contribution in [2.45, 2.75) is 0 Å². The summed E-state index contributed by atoms with van der Waals surface area (Å²) in [6.45, 7) is 0. The molecule has 0 spiro atoms. The first-order valence-corrected chi connectivity index (χ1v) is 16.7. The second kappa shape index (κ2) is 9.96. The van der Waals surface area contributed by atoms with Crippen LogP contribution in [0.2, 0.25) is 0 Å². The van der Waals surface area contributed by atoms with E-state index in [1.807, 2.05) is 18.2 Å². The van der Waals surface area contributed by atoms with E-state index in [1.165, 1.54) is 60.0 Å². The van der Waals surface area contributed by atoms with Gasteiger partial charge in [0.1, 0.15) is 16.7 Å².